The summed E-state index contributed by atoms with van der Waals surface area (Å²) in [7, 11) is 0. The first kappa shape index (κ1) is 15.4. The van der Waals surface area contributed by atoms with Crippen LogP contribution in [0.3, 0.4) is 0 Å². The fourth-order valence-electron chi connectivity index (χ4n) is 1.84. The number of ether oxygens (including phenoxy) is 1. The summed E-state index contributed by atoms with van der Waals surface area (Å²) in [5, 5.41) is 0. The normalized spacial score (nSPS) is 13.0. The van der Waals surface area contributed by atoms with Crippen LogP contribution in [0.15, 0.2) is 48.5 Å². The predicted octanol–water partition coefficient (Wildman–Crippen LogP) is 4.14. The molecule has 0 unspecified atom stereocenters. The minimum Gasteiger partial charge on any atom is -0.489 e. The Morgan fingerprint density at radius 2 is 1.76 bits per heavy atom. The molecule has 0 aliphatic rings. The third-order valence-electron chi connectivity index (χ3n) is 3.10. The molecule has 0 amide bonds. The van der Waals surface area contributed by atoms with Gasteiger partial charge in [0.2, 0.25) is 0 Å². The summed E-state index contributed by atoms with van der Waals surface area (Å²) in [5.74, 6) is 0.368. The first-order valence-corrected chi connectivity index (χ1v) is 6.47. The van der Waals surface area contributed by atoms with Crippen molar-refractivity contribution < 1.29 is 17.9 Å². The highest BCUT2D eigenvalue weighted by molar-refractivity contribution is 5.31. The maximum Gasteiger partial charge on any atom is 0.407 e. The topological polar surface area (TPSA) is 35.2 Å². The predicted molar refractivity (Wildman–Crippen MR) is 74.9 cm³/mol. The van der Waals surface area contributed by atoms with E-state index in [1.807, 2.05) is 31.2 Å². The zero-order valence-electron chi connectivity index (χ0n) is 11.5. The number of halogens is 3. The Balaban J connectivity index is 2.06. The van der Waals surface area contributed by atoms with Crippen molar-refractivity contribution >= 4 is 0 Å². The van der Waals surface area contributed by atoms with Gasteiger partial charge in [-0.05, 0) is 30.2 Å². The second kappa shape index (κ2) is 6.18. The molecule has 1 atom stereocenters. The molecule has 2 N–H and O–H groups in total. The van der Waals surface area contributed by atoms with E-state index in [1.165, 1.54) is 18.2 Å². The Kier molecular flexibility index (Phi) is 4.53. The number of benzene rings is 2. The highest BCUT2D eigenvalue weighted by atomic mass is 19.4. The number of hydrogen-bond donors (Lipinski definition) is 1. The fraction of sp³-hybridized carbons (Fsp3) is 0.250. The molecule has 2 aromatic carbocycles. The lowest BCUT2D eigenvalue weighted by molar-refractivity contribution is -0.149. The standard InChI is InChI=1S/C16H16F3NO/c1-11-5-7-12(8-6-11)10-21-14-4-2-3-13(9-14)15(20)16(17,18)19/h2-9,15H,10,20H2,1H3/t15-/m1/s1. The van der Waals surface area contributed by atoms with Crippen molar-refractivity contribution in [1.29, 1.82) is 0 Å². The van der Waals surface area contributed by atoms with E-state index < -0.39 is 12.2 Å². The van der Waals surface area contributed by atoms with Gasteiger partial charge in [-0.25, -0.2) is 0 Å². The summed E-state index contributed by atoms with van der Waals surface area (Å²) < 4.78 is 43.3. The third-order valence-corrected chi connectivity index (χ3v) is 3.10. The quantitative estimate of drug-likeness (QED) is 0.920. The number of rotatable bonds is 4. The summed E-state index contributed by atoms with van der Waals surface area (Å²) in [6.07, 6.45) is -4.46. The molecule has 0 heterocycles. The molecule has 0 radical (unpaired) electrons. The molecule has 0 aromatic heterocycles. The van der Waals surface area contributed by atoms with E-state index >= 15 is 0 Å². The summed E-state index contributed by atoms with van der Waals surface area (Å²) in [4.78, 5) is 0. The lowest BCUT2D eigenvalue weighted by Gasteiger charge is -2.16. The van der Waals surface area contributed by atoms with Crippen LogP contribution in [0.5, 0.6) is 5.75 Å². The van der Waals surface area contributed by atoms with Gasteiger partial charge in [0.25, 0.3) is 0 Å². The SMILES string of the molecule is Cc1ccc(COc2cccc([C@@H](N)C(F)(F)F)c2)cc1. The Bertz CT molecular complexity index is 593. The van der Waals surface area contributed by atoms with Crippen LogP contribution in [0.2, 0.25) is 0 Å². The van der Waals surface area contributed by atoms with Gasteiger partial charge >= 0.3 is 6.18 Å². The van der Waals surface area contributed by atoms with Crippen LogP contribution in [-0.4, -0.2) is 6.18 Å². The molecule has 0 aliphatic carbocycles. The summed E-state index contributed by atoms with van der Waals surface area (Å²) in [6.45, 7) is 2.28. The van der Waals surface area contributed by atoms with Crippen LogP contribution < -0.4 is 10.5 Å². The van der Waals surface area contributed by atoms with Crippen molar-refractivity contribution in [2.75, 3.05) is 0 Å². The maximum atomic E-state index is 12.6. The Labute approximate surface area is 121 Å². The van der Waals surface area contributed by atoms with Crippen molar-refractivity contribution in [3.05, 3.63) is 65.2 Å². The second-order valence-corrected chi connectivity index (χ2v) is 4.87. The number of nitrogens with two attached hydrogens (primary N) is 1. The molecule has 21 heavy (non-hydrogen) atoms. The minimum atomic E-state index is -4.46. The molecular weight excluding hydrogens is 279 g/mol. The zero-order valence-corrected chi connectivity index (χ0v) is 11.5. The number of hydrogen-bond acceptors (Lipinski definition) is 2. The van der Waals surface area contributed by atoms with Gasteiger partial charge < -0.3 is 10.5 Å². The van der Waals surface area contributed by atoms with E-state index in [1.54, 1.807) is 6.07 Å². The van der Waals surface area contributed by atoms with Crippen molar-refractivity contribution in [3.63, 3.8) is 0 Å². The Morgan fingerprint density at radius 1 is 1.10 bits per heavy atom. The first-order valence-electron chi connectivity index (χ1n) is 6.47. The van der Waals surface area contributed by atoms with Crippen molar-refractivity contribution in [2.24, 2.45) is 5.73 Å². The monoisotopic (exact) mass is 295 g/mol. The molecule has 2 rings (SSSR count). The van der Waals surface area contributed by atoms with Gasteiger partial charge in [-0.15, -0.1) is 0 Å². The van der Waals surface area contributed by atoms with Gasteiger partial charge in [-0.1, -0.05) is 42.0 Å². The molecule has 0 spiro atoms. The molecule has 0 fully saturated rings. The number of alkyl halides is 3. The number of aryl methyl sites for hydroxylation is 1. The summed E-state index contributed by atoms with van der Waals surface area (Å²) in [5.41, 5.74) is 7.26. The van der Waals surface area contributed by atoms with E-state index in [0.717, 1.165) is 11.1 Å². The van der Waals surface area contributed by atoms with Gasteiger partial charge in [-0.3, -0.25) is 0 Å². The largest absolute Gasteiger partial charge is 0.489 e. The van der Waals surface area contributed by atoms with Gasteiger partial charge in [0.1, 0.15) is 18.4 Å². The first-order chi connectivity index (χ1) is 9.86. The van der Waals surface area contributed by atoms with E-state index in [0.29, 0.717) is 12.4 Å². The lowest BCUT2D eigenvalue weighted by atomic mass is 10.1. The van der Waals surface area contributed by atoms with Crippen LogP contribution in [0, 0.1) is 6.92 Å². The van der Waals surface area contributed by atoms with Crippen LogP contribution in [0.1, 0.15) is 22.7 Å². The zero-order chi connectivity index (χ0) is 15.5. The van der Waals surface area contributed by atoms with E-state index in [2.05, 4.69) is 0 Å². The van der Waals surface area contributed by atoms with Gasteiger partial charge in [0, 0.05) is 0 Å². The van der Waals surface area contributed by atoms with Crippen molar-refractivity contribution in [3.8, 4) is 5.75 Å². The molecule has 5 heteroatoms. The van der Waals surface area contributed by atoms with E-state index in [-0.39, 0.29) is 5.56 Å². The Hall–Kier alpha value is -2.01. The van der Waals surface area contributed by atoms with Crippen LogP contribution in [-0.2, 0) is 6.61 Å². The average Bonchev–Trinajstić information content (AvgIpc) is 2.45. The minimum absolute atomic E-state index is 0.0103. The van der Waals surface area contributed by atoms with Crippen molar-refractivity contribution in [1.82, 2.24) is 0 Å². The molecule has 0 saturated heterocycles. The molecule has 0 bridgehead atoms. The van der Waals surface area contributed by atoms with Crippen molar-refractivity contribution in [2.45, 2.75) is 25.7 Å². The average molecular weight is 295 g/mol. The van der Waals surface area contributed by atoms with E-state index in [4.69, 9.17) is 10.5 Å². The van der Waals surface area contributed by atoms with Crippen LogP contribution >= 0.6 is 0 Å². The molecule has 112 valence electrons. The molecule has 0 aliphatic heterocycles. The lowest BCUT2D eigenvalue weighted by Crippen LogP contribution is -2.28. The van der Waals surface area contributed by atoms with Crippen LogP contribution in [0.25, 0.3) is 0 Å². The summed E-state index contributed by atoms with van der Waals surface area (Å²) in [6, 6.07) is 11.5. The smallest absolute Gasteiger partial charge is 0.407 e. The third kappa shape index (κ3) is 4.23. The molecular formula is C16H16F3NO. The molecule has 2 aromatic rings. The molecule has 0 saturated carbocycles. The van der Waals surface area contributed by atoms with Gasteiger partial charge in [0.05, 0.1) is 0 Å². The second-order valence-electron chi connectivity index (χ2n) is 4.87. The highest BCUT2D eigenvalue weighted by Gasteiger charge is 2.37. The van der Waals surface area contributed by atoms with E-state index in [9.17, 15) is 13.2 Å². The van der Waals surface area contributed by atoms with Crippen LogP contribution in [0.4, 0.5) is 13.2 Å². The maximum absolute atomic E-state index is 12.6. The molecule has 2 nitrogen and oxygen atoms in total. The summed E-state index contributed by atoms with van der Waals surface area (Å²) >= 11 is 0. The van der Waals surface area contributed by atoms with Gasteiger partial charge in [-0.2, -0.15) is 13.2 Å². The Morgan fingerprint density at radius 3 is 2.38 bits per heavy atom. The highest BCUT2D eigenvalue weighted by Crippen LogP contribution is 2.31. The fourth-order valence-corrected chi connectivity index (χ4v) is 1.84. The van der Waals surface area contributed by atoms with Gasteiger partial charge in [0.15, 0.2) is 0 Å².